The molecule has 0 radical (unpaired) electrons. The van der Waals surface area contributed by atoms with Crippen molar-refractivity contribution < 1.29 is 9.84 Å². The SMILES string of the molecule is CC1(C)CCC(O)(C2(C#N)CCOC2)CC1. The summed E-state index contributed by atoms with van der Waals surface area (Å²) in [7, 11) is 0. The Kier molecular flexibility index (Phi) is 2.76. The molecule has 1 aliphatic heterocycles. The van der Waals surface area contributed by atoms with Gasteiger partial charge in [0.15, 0.2) is 0 Å². The van der Waals surface area contributed by atoms with E-state index in [-0.39, 0.29) is 0 Å². The number of ether oxygens (including phenoxy) is 1. The lowest BCUT2D eigenvalue weighted by atomic mass is 9.60. The lowest BCUT2D eigenvalue weighted by molar-refractivity contribution is -0.102. The summed E-state index contributed by atoms with van der Waals surface area (Å²) >= 11 is 0. The van der Waals surface area contributed by atoms with Gasteiger partial charge >= 0.3 is 0 Å². The molecule has 16 heavy (non-hydrogen) atoms. The second-order valence-electron chi connectivity index (χ2n) is 6.19. The van der Waals surface area contributed by atoms with Crippen molar-refractivity contribution in [3.05, 3.63) is 0 Å². The van der Waals surface area contributed by atoms with Crippen LogP contribution in [0.5, 0.6) is 0 Å². The Morgan fingerprint density at radius 1 is 1.12 bits per heavy atom. The average Bonchev–Trinajstić information content (AvgIpc) is 2.73. The summed E-state index contributed by atoms with van der Waals surface area (Å²) in [6.45, 7) is 5.48. The molecular formula is C13H21NO2. The molecule has 1 aliphatic carbocycles. The molecule has 0 bridgehead atoms. The Hall–Kier alpha value is -0.590. The van der Waals surface area contributed by atoms with E-state index in [1.807, 2.05) is 0 Å². The van der Waals surface area contributed by atoms with Crippen LogP contribution in [0.4, 0.5) is 0 Å². The predicted octanol–water partition coefficient (Wildman–Crippen LogP) is 2.25. The van der Waals surface area contributed by atoms with Gasteiger partial charge in [-0.1, -0.05) is 13.8 Å². The van der Waals surface area contributed by atoms with Crippen LogP contribution < -0.4 is 0 Å². The zero-order chi connectivity index (χ0) is 11.9. The smallest absolute Gasteiger partial charge is 0.111 e. The van der Waals surface area contributed by atoms with Gasteiger partial charge in [0.05, 0.1) is 18.3 Å². The molecule has 2 aliphatic rings. The zero-order valence-electron chi connectivity index (χ0n) is 10.3. The van der Waals surface area contributed by atoms with Gasteiger partial charge in [0.25, 0.3) is 0 Å². The first-order valence-corrected chi connectivity index (χ1v) is 6.15. The van der Waals surface area contributed by atoms with Crippen molar-refractivity contribution >= 4 is 0 Å². The number of hydrogen-bond acceptors (Lipinski definition) is 3. The minimum Gasteiger partial charge on any atom is -0.388 e. The Bertz CT molecular complexity index is 300. The molecule has 2 fully saturated rings. The van der Waals surface area contributed by atoms with Crippen molar-refractivity contribution in [3.63, 3.8) is 0 Å². The fourth-order valence-corrected chi connectivity index (χ4v) is 2.94. The van der Waals surface area contributed by atoms with Crippen LogP contribution in [-0.4, -0.2) is 23.9 Å². The predicted molar refractivity (Wildman–Crippen MR) is 60.7 cm³/mol. The van der Waals surface area contributed by atoms with Crippen LogP contribution in [0.2, 0.25) is 0 Å². The van der Waals surface area contributed by atoms with Gasteiger partial charge in [-0.25, -0.2) is 0 Å². The quantitative estimate of drug-likeness (QED) is 0.741. The molecule has 0 aromatic heterocycles. The fourth-order valence-electron chi connectivity index (χ4n) is 2.94. The molecule has 1 unspecified atom stereocenters. The molecule has 3 heteroatoms. The average molecular weight is 223 g/mol. The van der Waals surface area contributed by atoms with Crippen LogP contribution in [0, 0.1) is 22.2 Å². The number of hydrogen-bond donors (Lipinski definition) is 1. The van der Waals surface area contributed by atoms with Crippen LogP contribution >= 0.6 is 0 Å². The third-order valence-corrected chi connectivity index (χ3v) is 4.56. The Morgan fingerprint density at radius 2 is 1.75 bits per heavy atom. The second kappa shape index (κ2) is 3.72. The normalized spacial score (nSPS) is 36.9. The number of nitriles is 1. The van der Waals surface area contributed by atoms with Crippen molar-refractivity contribution in [1.29, 1.82) is 5.26 Å². The van der Waals surface area contributed by atoms with Crippen LogP contribution in [0.15, 0.2) is 0 Å². The van der Waals surface area contributed by atoms with E-state index in [0.717, 1.165) is 25.7 Å². The number of nitrogens with zero attached hydrogens (tertiary/aromatic N) is 1. The summed E-state index contributed by atoms with van der Waals surface area (Å²) < 4.78 is 5.34. The molecule has 2 rings (SSSR count). The fraction of sp³-hybridized carbons (Fsp3) is 0.923. The lowest BCUT2D eigenvalue weighted by Crippen LogP contribution is -2.51. The summed E-state index contributed by atoms with van der Waals surface area (Å²) in [5, 5.41) is 20.1. The first-order valence-electron chi connectivity index (χ1n) is 6.15. The van der Waals surface area contributed by atoms with Crippen molar-refractivity contribution in [2.75, 3.05) is 13.2 Å². The van der Waals surface area contributed by atoms with Crippen molar-refractivity contribution in [2.45, 2.75) is 51.6 Å². The molecule has 1 N–H and O–H groups in total. The molecular weight excluding hydrogens is 202 g/mol. The summed E-state index contributed by atoms with van der Waals surface area (Å²) in [6, 6.07) is 2.34. The van der Waals surface area contributed by atoms with Gasteiger partial charge in [-0.3, -0.25) is 0 Å². The molecule has 1 saturated heterocycles. The highest BCUT2D eigenvalue weighted by Crippen LogP contribution is 2.51. The van der Waals surface area contributed by atoms with Gasteiger partial charge in [-0.05, 0) is 37.5 Å². The van der Waals surface area contributed by atoms with Gasteiger partial charge in [0.2, 0.25) is 0 Å². The third kappa shape index (κ3) is 1.74. The second-order valence-corrected chi connectivity index (χ2v) is 6.19. The van der Waals surface area contributed by atoms with E-state index in [1.54, 1.807) is 0 Å². The minimum absolute atomic E-state index is 0.308. The number of aliphatic hydroxyl groups is 1. The molecule has 1 saturated carbocycles. The molecule has 0 spiro atoms. The highest BCUT2D eigenvalue weighted by Gasteiger charge is 2.55. The van der Waals surface area contributed by atoms with E-state index >= 15 is 0 Å². The van der Waals surface area contributed by atoms with Crippen molar-refractivity contribution in [1.82, 2.24) is 0 Å². The molecule has 90 valence electrons. The Labute approximate surface area is 97.4 Å². The van der Waals surface area contributed by atoms with E-state index in [9.17, 15) is 10.4 Å². The maximum Gasteiger partial charge on any atom is 0.111 e. The number of rotatable bonds is 1. The highest BCUT2D eigenvalue weighted by atomic mass is 16.5. The lowest BCUT2D eigenvalue weighted by Gasteiger charge is -2.46. The zero-order valence-corrected chi connectivity index (χ0v) is 10.3. The molecule has 1 atom stereocenters. The van der Waals surface area contributed by atoms with Gasteiger partial charge in [0.1, 0.15) is 5.41 Å². The topological polar surface area (TPSA) is 53.2 Å². The molecule has 0 aromatic rings. The van der Waals surface area contributed by atoms with E-state index < -0.39 is 11.0 Å². The summed E-state index contributed by atoms with van der Waals surface area (Å²) in [4.78, 5) is 0. The molecule has 3 nitrogen and oxygen atoms in total. The molecule has 0 aromatic carbocycles. The van der Waals surface area contributed by atoms with Gasteiger partial charge in [0, 0.05) is 6.61 Å². The van der Waals surface area contributed by atoms with Crippen LogP contribution in [0.3, 0.4) is 0 Å². The Morgan fingerprint density at radius 3 is 2.19 bits per heavy atom. The van der Waals surface area contributed by atoms with E-state index in [2.05, 4.69) is 19.9 Å². The van der Waals surface area contributed by atoms with Gasteiger partial charge < -0.3 is 9.84 Å². The van der Waals surface area contributed by atoms with Crippen LogP contribution in [-0.2, 0) is 4.74 Å². The highest BCUT2D eigenvalue weighted by molar-refractivity contribution is 5.14. The molecule has 0 amide bonds. The monoisotopic (exact) mass is 223 g/mol. The minimum atomic E-state index is -0.826. The van der Waals surface area contributed by atoms with Crippen molar-refractivity contribution in [2.24, 2.45) is 10.8 Å². The maximum absolute atomic E-state index is 10.8. The maximum atomic E-state index is 10.8. The molecule has 1 heterocycles. The van der Waals surface area contributed by atoms with Crippen LogP contribution in [0.25, 0.3) is 0 Å². The third-order valence-electron chi connectivity index (χ3n) is 4.56. The standard InChI is InChI=1S/C13H21NO2/c1-11(2)3-5-13(15,6-4-11)12(9-14)7-8-16-10-12/h15H,3-8,10H2,1-2H3. The first-order chi connectivity index (χ1) is 7.43. The Balaban J connectivity index is 2.17. The van der Waals surface area contributed by atoms with Crippen LogP contribution in [0.1, 0.15) is 46.0 Å². The van der Waals surface area contributed by atoms with Crippen molar-refractivity contribution in [3.8, 4) is 6.07 Å². The van der Waals surface area contributed by atoms with Gasteiger partial charge in [-0.15, -0.1) is 0 Å². The summed E-state index contributed by atoms with van der Waals surface area (Å²) in [5.74, 6) is 0. The summed E-state index contributed by atoms with van der Waals surface area (Å²) in [5.41, 5.74) is -1.17. The van der Waals surface area contributed by atoms with Gasteiger partial charge in [-0.2, -0.15) is 5.26 Å². The van der Waals surface area contributed by atoms with E-state index in [1.165, 1.54) is 0 Å². The largest absolute Gasteiger partial charge is 0.388 e. The van der Waals surface area contributed by atoms with E-state index in [0.29, 0.717) is 25.0 Å². The summed E-state index contributed by atoms with van der Waals surface area (Å²) in [6.07, 6.45) is 4.13. The first kappa shape index (κ1) is 11.9. The van der Waals surface area contributed by atoms with E-state index in [4.69, 9.17) is 4.74 Å².